The van der Waals surface area contributed by atoms with Crippen LogP contribution in [0.5, 0.6) is 17.2 Å². The Hall–Kier alpha value is -3.99. The number of pyridine rings is 1. The minimum atomic E-state index is -0.419. The van der Waals surface area contributed by atoms with Gasteiger partial charge in [-0.05, 0) is 48.4 Å². The zero-order valence-electron chi connectivity index (χ0n) is 15.7. The maximum Gasteiger partial charge on any atom is 0.266 e. The quantitative estimate of drug-likeness (QED) is 0.473. The van der Waals surface area contributed by atoms with Gasteiger partial charge in [0.25, 0.3) is 5.56 Å². The number of aromatic nitrogens is 1. The van der Waals surface area contributed by atoms with E-state index in [0.717, 1.165) is 17.2 Å². The topological polar surface area (TPSA) is 82.7 Å². The first-order chi connectivity index (χ1) is 14.0. The zero-order valence-corrected chi connectivity index (χ0v) is 15.7. The molecule has 1 heterocycles. The van der Waals surface area contributed by atoms with E-state index in [9.17, 15) is 20.1 Å². The van der Waals surface area contributed by atoms with E-state index < -0.39 is 5.56 Å². The van der Waals surface area contributed by atoms with Crippen molar-refractivity contribution in [3.63, 3.8) is 0 Å². The van der Waals surface area contributed by atoms with Crippen molar-refractivity contribution in [2.45, 2.75) is 6.92 Å². The van der Waals surface area contributed by atoms with Gasteiger partial charge in [-0.25, -0.2) is 0 Å². The van der Waals surface area contributed by atoms with Crippen molar-refractivity contribution in [1.29, 1.82) is 0 Å². The average Bonchev–Trinajstić information content (AvgIpc) is 2.70. The third-order valence-electron chi connectivity index (χ3n) is 4.79. The van der Waals surface area contributed by atoms with Crippen LogP contribution >= 0.6 is 0 Å². The van der Waals surface area contributed by atoms with Crippen LogP contribution < -0.4 is 5.56 Å². The SMILES string of the molecule is C/C=C/c1ccc(-c2cn(-c3ccc(O)cc3)c(=O)c3c(O)cc(O)cc23)cc1. The van der Waals surface area contributed by atoms with Gasteiger partial charge in [-0.3, -0.25) is 9.36 Å². The van der Waals surface area contributed by atoms with Gasteiger partial charge < -0.3 is 15.3 Å². The van der Waals surface area contributed by atoms with Crippen LogP contribution in [0.25, 0.3) is 33.7 Å². The Balaban J connectivity index is 2.05. The van der Waals surface area contributed by atoms with Crippen molar-refractivity contribution in [1.82, 2.24) is 4.57 Å². The molecule has 5 nitrogen and oxygen atoms in total. The summed E-state index contributed by atoms with van der Waals surface area (Å²) in [5, 5.41) is 30.5. The molecule has 1 aromatic heterocycles. The monoisotopic (exact) mass is 385 g/mol. The van der Waals surface area contributed by atoms with Gasteiger partial charge in [-0.15, -0.1) is 0 Å². The summed E-state index contributed by atoms with van der Waals surface area (Å²) in [5.41, 5.74) is 2.69. The van der Waals surface area contributed by atoms with Crippen LogP contribution in [0.2, 0.25) is 0 Å². The van der Waals surface area contributed by atoms with Gasteiger partial charge in [0.2, 0.25) is 0 Å². The number of nitrogens with zero attached hydrogens (tertiary/aromatic N) is 1. The van der Waals surface area contributed by atoms with Crippen LogP contribution in [0.1, 0.15) is 12.5 Å². The Morgan fingerprint density at radius 3 is 2.21 bits per heavy atom. The lowest BCUT2D eigenvalue weighted by molar-refractivity contribution is 0.454. The lowest BCUT2D eigenvalue weighted by Gasteiger charge is -2.14. The number of aromatic hydroxyl groups is 3. The Kier molecular flexibility index (Phi) is 4.56. The molecule has 0 saturated carbocycles. The number of hydrogen-bond acceptors (Lipinski definition) is 4. The van der Waals surface area contributed by atoms with Crippen LogP contribution in [-0.4, -0.2) is 19.9 Å². The second-order valence-corrected chi connectivity index (χ2v) is 6.74. The minimum Gasteiger partial charge on any atom is -0.508 e. The summed E-state index contributed by atoms with van der Waals surface area (Å²) in [4.78, 5) is 13.1. The van der Waals surface area contributed by atoms with Crippen LogP contribution in [0.15, 0.2) is 77.7 Å². The van der Waals surface area contributed by atoms with Crippen molar-refractivity contribution in [2.75, 3.05) is 0 Å². The highest BCUT2D eigenvalue weighted by Gasteiger charge is 2.16. The number of rotatable bonds is 3. The fourth-order valence-corrected chi connectivity index (χ4v) is 3.43. The van der Waals surface area contributed by atoms with Crippen molar-refractivity contribution in [2.24, 2.45) is 0 Å². The van der Waals surface area contributed by atoms with Gasteiger partial charge in [-0.2, -0.15) is 0 Å². The molecule has 3 aromatic carbocycles. The summed E-state index contributed by atoms with van der Waals surface area (Å²) < 4.78 is 1.42. The molecule has 0 radical (unpaired) electrons. The van der Waals surface area contributed by atoms with Gasteiger partial charge in [0, 0.05) is 28.9 Å². The molecule has 144 valence electrons. The molecule has 0 unspecified atom stereocenters. The standard InChI is InChI=1S/C24H19NO4/c1-2-3-15-4-6-16(7-5-15)21-14-25(17-8-10-18(26)11-9-17)24(29)23-20(21)12-19(27)13-22(23)28/h2-14,26-28H,1H3/b3-2+. The molecular formula is C24H19NO4. The molecule has 3 N–H and O–H groups in total. The first-order valence-corrected chi connectivity index (χ1v) is 9.12. The van der Waals surface area contributed by atoms with E-state index in [1.54, 1.807) is 18.3 Å². The Labute approximate surface area is 167 Å². The number of phenols is 3. The van der Waals surface area contributed by atoms with Crippen molar-refractivity contribution in [3.8, 4) is 34.1 Å². The fraction of sp³-hybridized carbons (Fsp3) is 0.0417. The van der Waals surface area contributed by atoms with E-state index in [2.05, 4.69) is 0 Å². The predicted octanol–water partition coefficient (Wildman–Crippen LogP) is 4.81. The van der Waals surface area contributed by atoms with Crippen LogP contribution in [-0.2, 0) is 0 Å². The number of allylic oxidation sites excluding steroid dienone is 1. The van der Waals surface area contributed by atoms with E-state index >= 15 is 0 Å². The molecule has 4 aromatic rings. The highest BCUT2D eigenvalue weighted by atomic mass is 16.3. The fourth-order valence-electron chi connectivity index (χ4n) is 3.43. The lowest BCUT2D eigenvalue weighted by atomic mass is 9.98. The highest BCUT2D eigenvalue weighted by Crippen LogP contribution is 2.35. The Morgan fingerprint density at radius 2 is 1.55 bits per heavy atom. The molecule has 0 fully saturated rings. The summed E-state index contributed by atoms with van der Waals surface area (Å²) in [6.45, 7) is 1.94. The van der Waals surface area contributed by atoms with E-state index in [0.29, 0.717) is 16.6 Å². The van der Waals surface area contributed by atoms with Crippen LogP contribution in [0.4, 0.5) is 0 Å². The van der Waals surface area contributed by atoms with Crippen LogP contribution in [0, 0.1) is 0 Å². The van der Waals surface area contributed by atoms with E-state index in [1.165, 1.54) is 22.8 Å². The second kappa shape index (κ2) is 7.20. The molecule has 0 bridgehead atoms. The molecule has 4 rings (SSSR count). The maximum atomic E-state index is 13.1. The van der Waals surface area contributed by atoms with Crippen molar-refractivity contribution < 1.29 is 15.3 Å². The van der Waals surface area contributed by atoms with E-state index in [4.69, 9.17) is 0 Å². The molecule has 0 saturated heterocycles. The summed E-state index contributed by atoms with van der Waals surface area (Å²) in [5.74, 6) is -0.316. The average molecular weight is 385 g/mol. The first-order valence-electron chi connectivity index (χ1n) is 9.12. The van der Waals surface area contributed by atoms with E-state index in [-0.39, 0.29) is 22.6 Å². The molecule has 0 amide bonds. The number of phenolic OH excluding ortho intramolecular Hbond substituents is 3. The van der Waals surface area contributed by atoms with E-state index in [1.807, 2.05) is 43.3 Å². The third kappa shape index (κ3) is 3.34. The van der Waals surface area contributed by atoms with Gasteiger partial charge in [0.05, 0.1) is 5.39 Å². The predicted molar refractivity (Wildman–Crippen MR) is 115 cm³/mol. The molecule has 0 aliphatic carbocycles. The molecule has 29 heavy (non-hydrogen) atoms. The van der Waals surface area contributed by atoms with Crippen molar-refractivity contribution in [3.05, 3.63) is 88.9 Å². The smallest absolute Gasteiger partial charge is 0.266 e. The molecule has 0 aliphatic rings. The van der Waals surface area contributed by atoms with Crippen LogP contribution in [0.3, 0.4) is 0 Å². The number of hydrogen-bond donors (Lipinski definition) is 3. The largest absolute Gasteiger partial charge is 0.508 e. The van der Waals surface area contributed by atoms with Gasteiger partial charge in [0.15, 0.2) is 0 Å². The Morgan fingerprint density at radius 1 is 0.862 bits per heavy atom. The summed E-state index contributed by atoms with van der Waals surface area (Å²) >= 11 is 0. The summed E-state index contributed by atoms with van der Waals surface area (Å²) in [7, 11) is 0. The van der Waals surface area contributed by atoms with Crippen molar-refractivity contribution >= 4 is 16.8 Å². The highest BCUT2D eigenvalue weighted by molar-refractivity contribution is 6.00. The summed E-state index contributed by atoms with van der Waals surface area (Å²) in [6, 6.07) is 16.6. The molecule has 5 heteroatoms. The number of benzene rings is 3. The zero-order chi connectivity index (χ0) is 20.5. The second-order valence-electron chi connectivity index (χ2n) is 6.74. The maximum absolute atomic E-state index is 13.1. The van der Waals surface area contributed by atoms with Gasteiger partial charge >= 0.3 is 0 Å². The lowest BCUT2D eigenvalue weighted by Crippen LogP contribution is -2.18. The summed E-state index contributed by atoms with van der Waals surface area (Å²) in [6.07, 6.45) is 5.61. The molecular weight excluding hydrogens is 366 g/mol. The normalized spacial score (nSPS) is 11.3. The molecule has 0 aliphatic heterocycles. The molecule has 0 atom stereocenters. The number of fused-ring (bicyclic) bond motifs is 1. The van der Waals surface area contributed by atoms with Gasteiger partial charge in [0.1, 0.15) is 17.2 Å². The Bertz CT molecular complexity index is 1280. The molecule has 0 spiro atoms. The first kappa shape index (κ1) is 18.4. The van der Waals surface area contributed by atoms with Gasteiger partial charge in [-0.1, -0.05) is 36.4 Å². The third-order valence-corrected chi connectivity index (χ3v) is 4.79. The minimum absolute atomic E-state index is 0.0927.